The van der Waals surface area contributed by atoms with Crippen LogP contribution in [0.4, 0.5) is 5.69 Å². The second-order valence-corrected chi connectivity index (χ2v) is 7.45. The number of rotatable bonds is 5. The molecule has 0 amide bonds. The third kappa shape index (κ3) is 3.41. The van der Waals surface area contributed by atoms with Crippen molar-refractivity contribution >= 4 is 27.2 Å². The largest absolute Gasteiger partial charge is 0.294 e. The Morgan fingerprint density at radius 3 is 2.76 bits per heavy atom. The number of nitro benzene ring substituents is 1. The number of hydrogen-bond donors (Lipinski definition) is 0. The smallest absolute Gasteiger partial charge is 0.269 e. The van der Waals surface area contributed by atoms with Crippen LogP contribution in [0.5, 0.6) is 0 Å². The summed E-state index contributed by atoms with van der Waals surface area (Å²) in [5.41, 5.74) is 2.38. The molecular weight excluding hydrogens is 334 g/mol. The summed E-state index contributed by atoms with van der Waals surface area (Å²) in [5.74, 6) is 0. The molecule has 4 rings (SSSR count). The third-order valence-corrected chi connectivity index (χ3v) is 5.93. The molecule has 1 atom stereocenters. The molecule has 1 fully saturated rings. The Hall–Kier alpha value is -2.31. The van der Waals surface area contributed by atoms with E-state index in [-0.39, 0.29) is 10.6 Å². The van der Waals surface area contributed by atoms with Crippen molar-refractivity contribution in [2.24, 2.45) is 0 Å². The first-order valence-corrected chi connectivity index (χ1v) is 9.35. The summed E-state index contributed by atoms with van der Waals surface area (Å²) in [7, 11) is 0. The topological polar surface area (TPSA) is 59.3 Å². The van der Waals surface area contributed by atoms with Gasteiger partial charge in [-0.3, -0.25) is 15.0 Å². The maximum atomic E-state index is 10.7. The standard InChI is InChI=1S/C19H19N3O2S/c23-22(24)15-9-7-14(8-10-15)11-13-21-12-3-5-17(21)19-20-16-4-1-2-6-18(16)25-19/h1-2,4,6-10,17H,3,5,11-13H2/t17-/m1/s1. The van der Waals surface area contributed by atoms with Crippen molar-refractivity contribution in [1.29, 1.82) is 0 Å². The second kappa shape index (κ2) is 6.90. The van der Waals surface area contributed by atoms with Crippen molar-refractivity contribution in [2.75, 3.05) is 13.1 Å². The molecule has 2 aromatic carbocycles. The van der Waals surface area contributed by atoms with E-state index < -0.39 is 0 Å². The van der Waals surface area contributed by atoms with E-state index in [0.29, 0.717) is 6.04 Å². The maximum Gasteiger partial charge on any atom is 0.269 e. The Balaban J connectivity index is 1.45. The Morgan fingerprint density at radius 1 is 1.20 bits per heavy atom. The van der Waals surface area contributed by atoms with E-state index in [1.54, 1.807) is 23.5 Å². The van der Waals surface area contributed by atoms with Crippen molar-refractivity contribution in [3.63, 3.8) is 0 Å². The minimum absolute atomic E-state index is 0.150. The van der Waals surface area contributed by atoms with Gasteiger partial charge >= 0.3 is 0 Å². The zero-order valence-electron chi connectivity index (χ0n) is 13.8. The molecule has 0 bridgehead atoms. The lowest BCUT2D eigenvalue weighted by Gasteiger charge is -2.22. The van der Waals surface area contributed by atoms with Gasteiger partial charge in [-0.25, -0.2) is 4.98 Å². The number of fused-ring (bicyclic) bond motifs is 1. The van der Waals surface area contributed by atoms with E-state index >= 15 is 0 Å². The number of para-hydroxylation sites is 1. The molecule has 128 valence electrons. The molecule has 0 N–H and O–H groups in total. The van der Waals surface area contributed by atoms with Crippen LogP contribution in [-0.2, 0) is 6.42 Å². The Kier molecular flexibility index (Phi) is 4.46. The van der Waals surface area contributed by atoms with Crippen molar-refractivity contribution in [3.8, 4) is 0 Å². The zero-order chi connectivity index (χ0) is 17.2. The van der Waals surface area contributed by atoms with Gasteiger partial charge in [-0.2, -0.15) is 0 Å². The molecule has 6 heteroatoms. The summed E-state index contributed by atoms with van der Waals surface area (Å²) in [4.78, 5) is 17.7. The number of benzene rings is 2. The van der Waals surface area contributed by atoms with Gasteiger partial charge in [0.25, 0.3) is 5.69 Å². The fraction of sp³-hybridized carbons (Fsp3) is 0.316. The van der Waals surface area contributed by atoms with Crippen LogP contribution in [0.1, 0.15) is 29.5 Å². The molecule has 0 aliphatic carbocycles. The number of hydrogen-bond acceptors (Lipinski definition) is 5. The molecule has 5 nitrogen and oxygen atoms in total. The minimum Gasteiger partial charge on any atom is -0.294 e. The molecule has 3 aromatic rings. The average molecular weight is 353 g/mol. The average Bonchev–Trinajstić information content (AvgIpc) is 3.26. The molecule has 0 saturated carbocycles. The van der Waals surface area contributed by atoms with E-state index in [1.165, 1.54) is 16.1 Å². The first-order valence-electron chi connectivity index (χ1n) is 8.53. The molecule has 1 aliphatic heterocycles. The Bertz CT molecular complexity index is 858. The number of nitro groups is 1. The summed E-state index contributed by atoms with van der Waals surface area (Å²) in [6.45, 7) is 2.05. The minimum atomic E-state index is -0.354. The van der Waals surface area contributed by atoms with Crippen LogP contribution in [0.2, 0.25) is 0 Å². The van der Waals surface area contributed by atoms with Crippen LogP contribution in [0.15, 0.2) is 48.5 Å². The van der Waals surface area contributed by atoms with Crippen LogP contribution < -0.4 is 0 Å². The van der Waals surface area contributed by atoms with Crippen molar-refractivity contribution in [2.45, 2.75) is 25.3 Å². The van der Waals surface area contributed by atoms with Crippen LogP contribution in [-0.4, -0.2) is 27.9 Å². The van der Waals surface area contributed by atoms with Gasteiger partial charge in [0.1, 0.15) is 5.01 Å². The first-order chi connectivity index (χ1) is 12.2. The van der Waals surface area contributed by atoms with E-state index in [2.05, 4.69) is 23.1 Å². The van der Waals surface area contributed by atoms with Crippen LogP contribution in [0.3, 0.4) is 0 Å². The summed E-state index contributed by atoms with van der Waals surface area (Å²) >= 11 is 1.80. The fourth-order valence-corrected chi connectivity index (χ4v) is 4.60. The lowest BCUT2D eigenvalue weighted by Crippen LogP contribution is -2.25. The van der Waals surface area contributed by atoms with Gasteiger partial charge in [0.2, 0.25) is 0 Å². The van der Waals surface area contributed by atoms with Gasteiger partial charge < -0.3 is 0 Å². The van der Waals surface area contributed by atoms with Gasteiger partial charge in [-0.05, 0) is 43.5 Å². The van der Waals surface area contributed by atoms with E-state index in [1.807, 2.05) is 18.2 Å². The quantitative estimate of drug-likeness (QED) is 0.497. The molecule has 1 aromatic heterocycles. The first kappa shape index (κ1) is 16.2. The number of nitrogens with zero attached hydrogens (tertiary/aromatic N) is 3. The zero-order valence-corrected chi connectivity index (χ0v) is 14.6. The molecule has 0 unspecified atom stereocenters. The number of aromatic nitrogens is 1. The monoisotopic (exact) mass is 353 g/mol. The number of non-ortho nitro benzene ring substituents is 1. The molecule has 0 spiro atoms. The normalized spacial score (nSPS) is 18.0. The Morgan fingerprint density at radius 2 is 2.00 bits per heavy atom. The van der Waals surface area contributed by atoms with E-state index in [9.17, 15) is 10.1 Å². The molecule has 1 saturated heterocycles. The van der Waals surface area contributed by atoms with Gasteiger partial charge in [0.05, 0.1) is 21.2 Å². The van der Waals surface area contributed by atoms with E-state index in [0.717, 1.165) is 37.0 Å². The predicted molar refractivity (Wildman–Crippen MR) is 100.0 cm³/mol. The highest BCUT2D eigenvalue weighted by Gasteiger charge is 2.28. The summed E-state index contributed by atoms with van der Waals surface area (Å²) in [5, 5.41) is 12.0. The highest BCUT2D eigenvalue weighted by molar-refractivity contribution is 7.18. The van der Waals surface area contributed by atoms with Crippen molar-refractivity contribution in [1.82, 2.24) is 9.88 Å². The number of thiazole rings is 1. The van der Waals surface area contributed by atoms with Crippen LogP contribution >= 0.6 is 11.3 Å². The van der Waals surface area contributed by atoms with Crippen LogP contribution in [0.25, 0.3) is 10.2 Å². The number of likely N-dealkylation sites (tertiary alicyclic amines) is 1. The summed E-state index contributed by atoms with van der Waals surface area (Å²) < 4.78 is 1.25. The van der Waals surface area contributed by atoms with Gasteiger partial charge in [-0.15, -0.1) is 11.3 Å². The Labute approximate surface area is 150 Å². The lowest BCUT2D eigenvalue weighted by molar-refractivity contribution is -0.384. The van der Waals surface area contributed by atoms with E-state index in [4.69, 9.17) is 4.98 Å². The van der Waals surface area contributed by atoms with Gasteiger partial charge in [0, 0.05) is 18.7 Å². The van der Waals surface area contributed by atoms with Crippen molar-refractivity contribution in [3.05, 3.63) is 69.2 Å². The lowest BCUT2D eigenvalue weighted by atomic mass is 10.1. The van der Waals surface area contributed by atoms with Crippen molar-refractivity contribution < 1.29 is 4.92 Å². The molecule has 25 heavy (non-hydrogen) atoms. The van der Waals surface area contributed by atoms with Gasteiger partial charge in [-0.1, -0.05) is 24.3 Å². The van der Waals surface area contributed by atoms with Gasteiger partial charge in [0.15, 0.2) is 0 Å². The SMILES string of the molecule is O=[N+]([O-])c1ccc(CCN2CCC[C@@H]2c2nc3ccccc3s2)cc1. The second-order valence-electron chi connectivity index (χ2n) is 6.39. The third-order valence-electron chi connectivity index (χ3n) is 4.79. The van der Waals surface area contributed by atoms with Crippen LogP contribution in [0, 0.1) is 10.1 Å². The molecule has 1 aliphatic rings. The molecule has 0 radical (unpaired) electrons. The highest BCUT2D eigenvalue weighted by atomic mass is 32.1. The summed E-state index contributed by atoms with van der Waals surface area (Å²) in [6.07, 6.45) is 3.25. The fourth-order valence-electron chi connectivity index (χ4n) is 3.46. The summed E-state index contributed by atoms with van der Waals surface area (Å²) in [6, 6.07) is 15.6. The highest BCUT2D eigenvalue weighted by Crippen LogP contribution is 2.36. The molecule has 2 heterocycles. The maximum absolute atomic E-state index is 10.7. The predicted octanol–water partition coefficient (Wildman–Crippen LogP) is 4.58. The molecular formula is C19H19N3O2S.